The number of imidazole rings is 1. The summed E-state index contributed by atoms with van der Waals surface area (Å²) in [5.74, 6) is 1.13. The summed E-state index contributed by atoms with van der Waals surface area (Å²) in [4.78, 5) is 7.10. The van der Waals surface area contributed by atoms with Crippen LogP contribution in [-0.4, -0.2) is 43.8 Å². The van der Waals surface area contributed by atoms with Crippen LogP contribution in [0.3, 0.4) is 0 Å². The standard InChI is InChI=1S/C16H24N6/c1-21-9-8-18-15(21)12-22(11-13-2-5-19-20-13)14-10-16(14)3-6-17-7-4-16/h2,5,8-9,14,17H,3-4,6-7,10-12H2,1H3,(H,19,20)/t14-/m0/s1. The topological polar surface area (TPSA) is 61.8 Å². The first kappa shape index (κ1) is 14.0. The van der Waals surface area contributed by atoms with E-state index in [1.54, 1.807) is 0 Å². The first-order valence-electron chi connectivity index (χ1n) is 8.16. The van der Waals surface area contributed by atoms with Crippen LogP contribution in [0.15, 0.2) is 24.7 Å². The third kappa shape index (κ3) is 2.57. The van der Waals surface area contributed by atoms with Gasteiger partial charge in [0.15, 0.2) is 0 Å². The maximum Gasteiger partial charge on any atom is 0.122 e. The van der Waals surface area contributed by atoms with Crippen molar-refractivity contribution in [3.63, 3.8) is 0 Å². The maximum atomic E-state index is 4.51. The number of nitrogens with zero attached hydrogens (tertiary/aromatic N) is 4. The molecule has 2 fully saturated rings. The fourth-order valence-corrected chi connectivity index (χ4v) is 3.90. The lowest BCUT2D eigenvalue weighted by atomic mass is 9.93. The van der Waals surface area contributed by atoms with E-state index in [0.29, 0.717) is 11.5 Å². The quantitative estimate of drug-likeness (QED) is 0.873. The van der Waals surface area contributed by atoms with Gasteiger partial charge in [-0.05, 0) is 43.8 Å². The van der Waals surface area contributed by atoms with Crippen LogP contribution in [0.25, 0.3) is 0 Å². The molecule has 0 amide bonds. The molecule has 0 unspecified atom stereocenters. The van der Waals surface area contributed by atoms with Gasteiger partial charge in [-0.1, -0.05) is 0 Å². The number of nitrogens with one attached hydrogen (secondary N) is 2. The minimum Gasteiger partial charge on any atom is -0.337 e. The molecule has 118 valence electrons. The summed E-state index contributed by atoms with van der Waals surface area (Å²) in [6.07, 6.45) is 9.68. The number of H-pyrrole nitrogens is 1. The lowest BCUT2D eigenvalue weighted by molar-refractivity contribution is 0.181. The summed E-state index contributed by atoms with van der Waals surface area (Å²) >= 11 is 0. The van der Waals surface area contributed by atoms with E-state index in [1.165, 1.54) is 25.0 Å². The van der Waals surface area contributed by atoms with Crippen molar-refractivity contribution in [1.29, 1.82) is 0 Å². The van der Waals surface area contributed by atoms with Gasteiger partial charge in [-0.2, -0.15) is 5.10 Å². The molecule has 6 heteroatoms. The Morgan fingerprint density at radius 2 is 2.18 bits per heavy atom. The number of aryl methyl sites for hydroxylation is 1. The van der Waals surface area contributed by atoms with E-state index in [2.05, 4.69) is 43.1 Å². The number of piperidine rings is 1. The minimum atomic E-state index is 0.538. The molecule has 3 heterocycles. The van der Waals surface area contributed by atoms with Gasteiger partial charge in [-0.3, -0.25) is 10.00 Å². The zero-order valence-electron chi connectivity index (χ0n) is 13.1. The zero-order chi connectivity index (χ0) is 15.0. The average molecular weight is 300 g/mol. The average Bonchev–Trinajstić information content (AvgIpc) is 2.90. The molecule has 0 radical (unpaired) electrons. The molecule has 2 aliphatic rings. The molecule has 4 rings (SSSR count). The van der Waals surface area contributed by atoms with Crippen molar-refractivity contribution >= 4 is 0 Å². The van der Waals surface area contributed by atoms with E-state index >= 15 is 0 Å². The Labute approximate surface area is 130 Å². The summed E-state index contributed by atoms with van der Waals surface area (Å²) in [6, 6.07) is 2.75. The van der Waals surface area contributed by atoms with Crippen LogP contribution < -0.4 is 5.32 Å². The van der Waals surface area contributed by atoms with Gasteiger partial charge in [0.2, 0.25) is 0 Å². The van der Waals surface area contributed by atoms with Crippen molar-refractivity contribution in [3.8, 4) is 0 Å². The van der Waals surface area contributed by atoms with Crippen molar-refractivity contribution in [2.45, 2.75) is 38.4 Å². The molecular weight excluding hydrogens is 276 g/mol. The monoisotopic (exact) mass is 300 g/mol. The predicted octanol–water partition coefficient (Wildman–Crippen LogP) is 1.29. The zero-order valence-corrected chi connectivity index (χ0v) is 13.1. The lowest BCUT2D eigenvalue weighted by Gasteiger charge is -2.29. The molecule has 2 aromatic heterocycles. The highest BCUT2D eigenvalue weighted by Gasteiger charge is 2.56. The molecular formula is C16H24N6. The fourth-order valence-electron chi connectivity index (χ4n) is 3.90. The van der Waals surface area contributed by atoms with Gasteiger partial charge < -0.3 is 9.88 Å². The largest absolute Gasteiger partial charge is 0.337 e. The molecule has 1 saturated heterocycles. The molecule has 0 aromatic carbocycles. The normalized spacial score (nSPS) is 23.3. The van der Waals surface area contributed by atoms with E-state index < -0.39 is 0 Å². The molecule has 1 saturated carbocycles. The van der Waals surface area contributed by atoms with Gasteiger partial charge in [0.1, 0.15) is 5.82 Å². The van der Waals surface area contributed by atoms with Crippen LogP contribution in [0.5, 0.6) is 0 Å². The molecule has 1 aliphatic carbocycles. The van der Waals surface area contributed by atoms with Crippen molar-refractivity contribution in [1.82, 2.24) is 30.0 Å². The van der Waals surface area contributed by atoms with Gasteiger partial charge in [-0.15, -0.1) is 0 Å². The molecule has 1 aliphatic heterocycles. The maximum absolute atomic E-state index is 4.51. The smallest absolute Gasteiger partial charge is 0.122 e. The van der Waals surface area contributed by atoms with E-state index in [-0.39, 0.29) is 0 Å². The van der Waals surface area contributed by atoms with Crippen LogP contribution in [-0.2, 0) is 20.1 Å². The Balaban J connectivity index is 1.52. The summed E-state index contributed by atoms with van der Waals surface area (Å²) in [5.41, 5.74) is 1.72. The summed E-state index contributed by atoms with van der Waals surface area (Å²) < 4.78 is 2.12. The predicted molar refractivity (Wildman–Crippen MR) is 84.0 cm³/mol. The SMILES string of the molecule is Cn1ccnc1CN(Cc1ccn[nH]1)[C@H]1CC12CCNCC2. The Morgan fingerprint density at radius 1 is 1.32 bits per heavy atom. The molecule has 1 atom stereocenters. The number of hydrogen-bond donors (Lipinski definition) is 2. The van der Waals surface area contributed by atoms with Crippen molar-refractivity contribution in [2.24, 2.45) is 12.5 Å². The summed E-state index contributed by atoms with van der Waals surface area (Å²) in [6.45, 7) is 4.16. The molecule has 0 bridgehead atoms. The summed E-state index contributed by atoms with van der Waals surface area (Å²) in [5, 5.41) is 10.7. The highest BCUT2D eigenvalue weighted by atomic mass is 15.3. The van der Waals surface area contributed by atoms with Crippen LogP contribution in [0, 0.1) is 5.41 Å². The third-order valence-corrected chi connectivity index (χ3v) is 5.38. The molecule has 22 heavy (non-hydrogen) atoms. The van der Waals surface area contributed by atoms with E-state index in [9.17, 15) is 0 Å². The molecule has 2 aromatic rings. The molecule has 2 N–H and O–H groups in total. The Hall–Kier alpha value is -1.66. The fraction of sp³-hybridized carbons (Fsp3) is 0.625. The van der Waals surface area contributed by atoms with Crippen LogP contribution >= 0.6 is 0 Å². The highest BCUT2D eigenvalue weighted by molar-refractivity contribution is 5.12. The van der Waals surface area contributed by atoms with Crippen molar-refractivity contribution < 1.29 is 0 Å². The third-order valence-electron chi connectivity index (χ3n) is 5.38. The first-order chi connectivity index (χ1) is 10.8. The number of hydrogen-bond acceptors (Lipinski definition) is 4. The van der Waals surface area contributed by atoms with Crippen molar-refractivity contribution in [2.75, 3.05) is 13.1 Å². The Bertz CT molecular complexity index is 610. The van der Waals surface area contributed by atoms with E-state index in [0.717, 1.165) is 32.0 Å². The molecule has 6 nitrogen and oxygen atoms in total. The van der Waals surface area contributed by atoms with Gasteiger partial charge in [0.05, 0.1) is 6.54 Å². The summed E-state index contributed by atoms with van der Waals surface area (Å²) in [7, 11) is 2.07. The second-order valence-corrected chi connectivity index (χ2v) is 6.77. The lowest BCUT2D eigenvalue weighted by Crippen LogP contribution is -2.36. The minimum absolute atomic E-state index is 0.538. The van der Waals surface area contributed by atoms with Crippen molar-refractivity contribution in [3.05, 3.63) is 36.2 Å². The van der Waals surface area contributed by atoms with Crippen LogP contribution in [0.1, 0.15) is 30.8 Å². The van der Waals surface area contributed by atoms with Gasteiger partial charge >= 0.3 is 0 Å². The van der Waals surface area contributed by atoms with E-state index in [1.807, 2.05) is 18.6 Å². The first-order valence-corrected chi connectivity index (χ1v) is 8.16. The van der Waals surface area contributed by atoms with Gasteiger partial charge in [0, 0.05) is 43.9 Å². The highest BCUT2D eigenvalue weighted by Crippen LogP contribution is 2.56. The number of rotatable bonds is 5. The Kier molecular flexibility index (Phi) is 3.50. The second-order valence-electron chi connectivity index (χ2n) is 6.77. The Morgan fingerprint density at radius 3 is 2.86 bits per heavy atom. The van der Waals surface area contributed by atoms with Crippen LogP contribution in [0.2, 0.25) is 0 Å². The number of aromatic nitrogens is 4. The number of aromatic amines is 1. The van der Waals surface area contributed by atoms with Gasteiger partial charge in [-0.25, -0.2) is 4.98 Å². The van der Waals surface area contributed by atoms with Gasteiger partial charge in [0.25, 0.3) is 0 Å². The van der Waals surface area contributed by atoms with Crippen LogP contribution in [0.4, 0.5) is 0 Å². The molecule has 1 spiro atoms. The second kappa shape index (κ2) is 5.52. The van der Waals surface area contributed by atoms with E-state index in [4.69, 9.17) is 0 Å².